The van der Waals surface area contributed by atoms with Gasteiger partial charge in [0.1, 0.15) is 0 Å². The van der Waals surface area contributed by atoms with E-state index in [-0.39, 0.29) is 24.6 Å². The summed E-state index contributed by atoms with van der Waals surface area (Å²) in [6, 6.07) is 6.30. The van der Waals surface area contributed by atoms with Crippen LogP contribution >= 0.6 is 0 Å². The van der Waals surface area contributed by atoms with Gasteiger partial charge in [-0.15, -0.1) is 0 Å². The van der Waals surface area contributed by atoms with Crippen LogP contribution in [-0.2, 0) is 19.6 Å². The smallest absolute Gasteiger partial charge is 0.337 e. The molecule has 0 atom stereocenters. The lowest BCUT2D eigenvalue weighted by Gasteiger charge is -2.25. The van der Waals surface area contributed by atoms with Gasteiger partial charge in [-0.1, -0.05) is 0 Å². The van der Waals surface area contributed by atoms with Crippen molar-refractivity contribution in [1.82, 2.24) is 4.31 Å². The van der Waals surface area contributed by atoms with Gasteiger partial charge in [0.25, 0.3) is 0 Å². The molecule has 0 aliphatic carbocycles. The number of methoxy groups -OCH3 is 1. The maximum atomic E-state index is 11.9. The molecule has 1 fully saturated rings. The fourth-order valence-electron chi connectivity index (χ4n) is 2.35. The van der Waals surface area contributed by atoms with Crippen LogP contribution in [0.25, 0.3) is 0 Å². The summed E-state index contributed by atoms with van der Waals surface area (Å²) < 4.78 is 29.6. The van der Waals surface area contributed by atoms with Crippen LogP contribution in [0.1, 0.15) is 29.6 Å². The highest BCUT2D eigenvalue weighted by atomic mass is 32.2. The van der Waals surface area contributed by atoms with Gasteiger partial charge in [-0.05, 0) is 37.1 Å². The van der Waals surface area contributed by atoms with Gasteiger partial charge in [-0.3, -0.25) is 4.79 Å². The van der Waals surface area contributed by atoms with Crippen molar-refractivity contribution in [2.24, 2.45) is 0 Å². The first-order valence-electron chi connectivity index (χ1n) is 7.38. The quantitative estimate of drug-likeness (QED) is 0.814. The van der Waals surface area contributed by atoms with Gasteiger partial charge >= 0.3 is 5.97 Å². The molecule has 126 valence electrons. The van der Waals surface area contributed by atoms with Crippen LogP contribution in [0.2, 0.25) is 0 Å². The molecule has 23 heavy (non-hydrogen) atoms. The van der Waals surface area contributed by atoms with E-state index in [1.807, 2.05) is 0 Å². The Morgan fingerprint density at radius 3 is 2.52 bits per heavy atom. The molecule has 1 saturated heterocycles. The summed E-state index contributed by atoms with van der Waals surface area (Å²) in [4.78, 5) is 23.2. The highest BCUT2D eigenvalue weighted by Crippen LogP contribution is 2.15. The molecule has 1 aliphatic heterocycles. The Morgan fingerprint density at radius 2 is 1.91 bits per heavy atom. The minimum absolute atomic E-state index is 0.0952. The molecule has 8 heteroatoms. The third kappa shape index (κ3) is 4.77. The van der Waals surface area contributed by atoms with E-state index in [2.05, 4.69) is 10.1 Å². The molecule has 0 bridgehead atoms. The summed E-state index contributed by atoms with van der Waals surface area (Å²) in [6.07, 6.45) is 1.60. The zero-order valence-electron chi connectivity index (χ0n) is 12.9. The van der Waals surface area contributed by atoms with Gasteiger partial charge in [0.05, 0.1) is 18.4 Å². The first-order chi connectivity index (χ1) is 10.9. The van der Waals surface area contributed by atoms with Crippen molar-refractivity contribution in [2.75, 3.05) is 31.3 Å². The van der Waals surface area contributed by atoms with Gasteiger partial charge in [0.15, 0.2) is 0 Å². The first-order valence-corrected chi connectivity index (χ1v) is 8.99. The molecule has 2 rings (SSSR count). The highest BCUT2D eigenvalue weighted by molar-refractivity contribution is 7.89. The molecule has 0 aromatic heterocycles. The zero-order valence-corrected chi connectivity index (χ0v) is 13.8. The standard InChI is InChI=1S/C15H20N2O5S/c1-22-15(19)12-4-6-13(7-5-12)16-14(18)8-10-17-9-2-3-11-23(17,20)21/h4-7H,2-3,8-11H2,1H3,(H,16,18). The Kier molecular flexibility index (Phi) is 5.73. The Morgan fingerprint density at radius 1 is 1.22 bits per heavy atom. The largest absolute Gasteiger partial charge is 0.465 e. The summed E-state index contributed by atoms with van der Waals surface area (Å²) in [7, 11) is -1.91. The van der Waals surface area contributed by atoms with Gasteiger partial charge in [0.2, 0.25) is 15.9 Å². The van der Waals surface area contributed by atoms with Crippen molar-refractivity contribution in [1.29, 1.82) is 0 Å². The molecule has 7 nitrogen and oxygen atoms in total. The predicted octanol–water partition coefficient (Wildman–Crippen LogP) is 1.23. The van der Waals surface area contributed by atoms with Crippen LogP contribution in [0.3, 0.4) is 0 Å². The monoisotopic (exact) mass is 340 g/mol. The number of nitrogens with one attached hydrogen (secondary N) is 1. The molecule has 0 radical (unpaired) electrons. The summed E-state index contributed by atoms with van der Waals surface area (Å²) in [5, 5.41) is 2.68. The van der Waals surface area contributed by atoms with E-state index < -0.39 is 16.0 Å². The molecule has 1 amide bonds. The fraction of sp³-hybridized carbons (Fsp3) is 0.467. The van der Waals surface area contributed by atoms with Gasteiger partial charge in [-0.2, -0.15) is 0 Å². The van der Waals surface area contributed by atoms with Crippen LogP contribution < -0.4 is 5.32 Å². The van der Waals surface area contributed by atoms with Crippen LogP contribution in [0.15, 0.2) is 24.3 Å². The van der Waals surface area contributed by atoms with Crippen LogP contribution in [0, 0.1) is 0 Å². The number of hydrogen-bond donors (Lipinski definition) is 1. The summed E-state index contributed by atoms with van der Waals surface area (Å²) >= 11 is 0. The van der Waals surface area contributed by atoms with Crippen molar-refractivity contribution < 1.29 is 22.7 Å². The van der Waals surface area contributed by atoms with Gasteiger partial charge < -0.3 is 10.1 Å². The second-order valence-electron chi connectivity index (χ2n) is 5.29. The molecule has 1 aromatic carbocycles. The molecular formula is C15H20N2O5S. The number of carbonyl (C=O) groups excluding carboxylic acids is 2. The number of rotatable bonds is 5. The number of nitrogens with zero attached hydrogens (tertiary/aromatic N) is 1. The predicted molar refractivity (Wildman–Crippen MR) is 85.6 cm³/mol. The number of sulfonamides is 1. The van der Waals surface area contributed by atoms with Crippen molar-refractivity contribution in [2.45, 2.75) is 19.3 Å². The van der Waals surface area contributed by atoms with Crippen LogP contribution in [0.4, 0.5) is 5.69 Å². The normalized spacial score (nSPS) is 17.4. The maximum Gasteiger partial charge on any atom is 0.337 e. The summed E-state index contributed by atoms with van der Waals surface area (Å²) in [6.45, 7) is 0.665. The minimum Gasteiger partial charge on any atom is -0.465 e. The third-order valence-electron chi connectivity index (χ3n) is 3.63. The molecular weight excluding hydrogens is 320 g/mol. The molecule has 1 aliphatic rings. The topological polar surface area (TPSA) is 92.8 Å². The Bertz CT molecular complexity index is 670. The lowest BCUT2D eigenvalue weighted by Crippen LogP contribution is -2.39. The average molecular weight is 340 g/mol. The van der Waals surface area contributed by atoms with Crippen molar-refractivity contribution >= 4 is 27.6 Å². The Labute approximate surface area is 135 Å². The van der Waals surface area contributed by atoms with E-state index in [0.29, 0.717) is 24.2 Å². The zero-order chi connectivity index (χ0) is 16.9. The van der Waals surface area contributed by atoms with E-state index in [9.17, 15) is 18.0 Å². The van der Waals surface area contributed by atoms with E-state index in [4.69, 9.17) is 0 Å². The van der Waals surface area contributed by atoms with Crippen molar-refractivity contribution in [3.8, 4) is 0 Å². The molecule has 1 heterocycles. The summed E-state index contributed by atoms with van der Waals surface area (Å²) in [5.41, 5.74) is 0.939. The SMILES string of the molecule is COC(=O)c1ccc(NC(=O)CCN2CCCCS2(=O)=O)cc1. The fourth-order valence-corrected chi connectivity index (χ4v) is 3.95. The second-order valence-corrected chi connectivity index (χ2v) is 7.38. The first kappa shape index (κ1) is 17.4. The molecule has 1 N–H and O–H groups in total. The van der Waals surface area contributed by atoms with Gasteiger partial charge in [0, 0.05) is 25.2 Å². The number of carbonyl (C=O) groups is 2. The third-order valence-corrected chi connectivity index (χ3v) is 5.59. The number of anilines is 1. The summed E-state index contributed by atoms with van der Waals surface area (Å²) in [5.74, 6) is -0.557. The van der Waals surface area contributed by atoms with Gasteiger partial charge in [-0.25, -0.2) is 17.5 Å². The number of amides is 1. The molecule has 0 unspecified atom stereocenters. The van der Waals surface area contributed by atoms with E-state index in [1.54, 1.807) is 24.3 Å². The van der Waals surface area contributed by atoms with Crippen molar-refractivity contribution in [3.63, 3.8) is 0 Å². The van der Waals surface area contributed by atoms with Crippen LogP contribution in [0.5, 0.6) is 0 Å². The molecule has 0 saturated carbocycles. The number of benzene rings is 1. The van der Waals surface area contributed by atoms with Crippen molar-refractivity contribution in [3.05, 3.63) is 29.8 Å². The molecule has 0 spiro atoms. The van der Waals surface area contributed by atoms with E-state index >= 15 is 0 Å². The second kappa shape index (κ2) is 7.56. The van der Waals surface area contributed by atoms with E-state index in [1.165, 1.54) is 11.4 Å². The lowest BCUT2D eigenvalue weighted by molar-refractivity contribution is -0.116. The lowest BCUT2D eigenvalue weighted by atomic mass is 10.2. The van der Waals surface area contributed by atoms with Crippen LogP contribution in [-0.4, -0.2) is 50.6 Å². The highest BCUT2D eigenvalue weighted by Gasteiger charge is 2.25. The number of esters is 1. The maximum absolute atomic E-state index is 11.9. The average Bonchev–Trinajstić information content (AvgIpc) is 2.53. The number of ether oxygens (including phenoxy) is 1. The number of hydrogen-bond acceptors (Lipinski definition) is 5. The Hall–Kier alpha value is -1.93. The molecule has 1 aromatic rings. The van der Waals surface area contributed by atoms with E-state index in [0.717, 1.165) is 6.42 Å². The minimum atomic E-state index is -3.21. The Balaban J connectivity index is 1.86.